The molecular weight excluding hydrogens is 409 g/mol. The SMILES string of the molecule is COC(=O)C12CC(c3c(C(C)(C)O)n(-c4ccc(F)cc4)c4cc5cn[nH]c5cc34)(C1)C2. The van der Waals surface area contributed by atoms with Gasteiger partial charge in [-0.2, -0.15) is 5.10 Å². The summed E-state index contributed by atoms with van der Waals surface area (Å²) < 4.78 is 20.8. The summed E-state index contributed by atoms with van der Waals surface area (Å²) in [5.74, 6) is -0.464. The van der Waals surface area contributed by atoms with Crippen molar-refractivity contribution in [3.63, 3.8) is 0 Å². The fourth-order valence-corrected chi connectivity index (χ4v) is 6.19. The number of aliphatic hydroxyl groups is 1. The molecule has 0 spiro atoms. The van der Waals surface area contributed by atoms with Gasteiger partial charge in [0.2, 0.25) is 0 Å². The first kappa shape index (κ1) is 19.5. The summed E-state index contributed by atoms with van der Waals surface area (Å²) in [4.78, 5) is 12.3. The molecular formula is C25H24FN3O3. The molecule has 7 rings (SSSR count). The number of fused-ring (bicyclic) bond motifs is 2. The lowest BCUT2D eigenvalue weighted by molar-refractivity contribution is -0.198. The Hall–Kier alpha value is -3.19. The number of hydrogen-bond donors (Lipinski definition) is 2. The van der Waals surface area contributed by atoms with Crippen LogP contribution >= 0.6 is 0 Å². The number of nitrogens with zero attached hydrogens (tertiary/aromatic N) is 2. The third-order valence-electron chi connectivity index (χ3n) is 7.37. The van der Waals surface area contributed by atoms with E-state index in [1.807, 2.05) is 4.57 Å². The average Bonchev–Trinajstić information content (AvgIpc) is 3.27. The van der Waals surface area contributed by atoms with Gasteiger partial charge in [-0.25, -0.2) is 4.39 Å². The molecule has 3 aliphatic rings. The molecule has 7 heteroatoms. The van der Waals surface area contributed by atoms with Crippen LogP contribution in [0.25, 0.3) is 27.5 Å². The van der Waals surface area contributed by atoms with Gasteiger partial charge in [-0.15, -0.1) is 0 Å². The summed E-state index contributed by atoms with van der Waals surface area (Å²) in [5.41, 5.74) is 2.68. The fraction of sp³-hybridized carbons (Fsp3) is 0.360. The zero-order valence-corrected chi connectivity index (χ0v) is 18.2. The second kappa shape index (κ2) is 5.98. The first-order chi connectivity index (χ1) is 15.2. The minimum atomic E-state index is -1.16. The summed E-state index contributed by atoms with van der Waals surface area (Å²) in [6, 6.07) is 10.4. The monoisotopic (exact) mass is 433 g/mol. The highest BCUT2D eigenvalue weighted by Gasteiger charge is 2.74. The number of methoxy groups -OCH3 is 1. The molecule has 2 aromatic heterocycles. The van der Waals surface area contributed by atoms with Crippen molar-refractivity contribution in [3.05, 3.63) is 59.7 Å². The number of aromatic amines is 1. The molecule has 3 saturated carbocycles. The number of carbonyl (C=O) groups is 1. The maximum absolute atomic E-state index is 13.7. The third-order valence-corrected chi connectivity index (χ3v) is 7.37. The maximum Gasteiger partial charge on any atom is 0.311 e. The molecule has 4 aromatic rings. The number of H-pyrrole nitrogens is 1. The largest absolute Gasteiger partial charge is 0.469 e. The fourth-order valence-electron chi connectivity index (χ4n) is 6.19. The Morgan fingerprint density at radius 2 is 1.91 bits per heavy atom. The Labute approximate surface area is 184 Å². The van der Waals surface area contributed by atoms with Gasteiger partial charge in [0.1, 0.15) is 5.82 Å². The van der Waals surface area contributed by atoms with Gasteiger partial charge < -0.3 is 14.4 Å². The van der Waals surface area contributed by atoms with Crippen LogP contribution in [0.5, 0.6) is 0 Å². The summed E-state index contributed by atoms with van der Waals surface area (Å²) in [7, 11) is 1.44. The highest BCUT2D eigenvalue weighted by Crippen LogP contribution is 2.75. The Morgan fingerprint density at radius 1 is 1.22 bits per heavy atom. The molecule has 3 fully saturated rings. The van der Waals surface area contributed by atoms with Crippen LogP contribution in [0.15, 0.2) is 42.6 Å². The van der Waals surface area contributed by atoms with Gasteiger partial charge in [-0.1, -0.05) is 0 Å². The lowest BCUT2D eigenvalue weighted by atomic mass is 9.33. The molecule has 0 radical (unpaired) electrons. The number of ether oxygens (including phenoxy) is 1. The summed E-state index contributed by atoms with van der Waals surface area (Å²) in [6.07, 6.45) is 3.89. The first-order valence-electron chi connectivity index (χ1n) is 10.8. The number of carbonyl (C=O) groups excluding carboxylic acids is 1. The van der Waals surface area contributed by atoms with Crippen molar-refractivity contribution in [2.45, 2.75) is 44.1 Å². The van der Waals surface area contributed by atoms with Crippen LogP contribution in [-0.4, -0.2) is 33.0 Å². The van der Waals surface area contributed by atoms with Crippen LogP contribution in [0.3, 0.4) is 0 Å². The van der Waals surface area contributed by atoms with Crippen molar-refractivity contribution in [1.82, 2.24) is 14.8 Å². The lowest BCUT2D eigenvalue weighted by Crippen LogP contribution is -2.68. The van der Waals surface area contributed by atoms with Crippen LogP contribution in [-0.2, 0) is 20.5 Å². The molecule has 32 heavy (non-hydrogen) atoms. The predicted molar refractivity (Wildman–Crippen MR) is 118 cm³/mol. The topological polar surface area (TPSA) is 80.1 Å². The molecule has 2 aromatic carbocycles. The van der Waals surface area contributed by atoms with Gasteiger partial charge in [0.15, 0.2) is 0 Å². The van der Waals surface area contributed by atoms with Crippen LogP contribution in [0, 0.1) is 11.2 Å². The minimum absolute atomic E-state index is 0.151. The Kier molecular flexibility index (Phi) is 3.64. The number of nitrogens with one attached hydrogen (secondary N) is 1. The van der Waals surface area contributed by atoms with Crippen molar-refractivity contribution >= 4 is 27.8 Å². The molecule has 0 unspecified atom stereocenters. The number of halogens is 1. The average molecular weight is 433 g/mol. The van der Waals surface area contributed by atoms with Crippen molar-refractivity contribution in [1.29, 1.82) is 0 Å². The van der Waals surface area contributed by atoms with Gasteiger partial charge in [0, 0.05) is 21.9 Å². The summed E-state index contributed by atoms with van der Waals surface area (Å²) in [5, 5.41) is 20.6. The quantitative estimate of drug-likeness (QED) is 0.466. The second-order valence-electron chi connectivity index (χ2n) is 10.0. The molecule has 164 valence electrons. The van der Waals surface area contributed by atoms with Crippen molar-refractivity contribution in [2.75, 3.05) is 7.11 Å². The zero-order valence-electron chi connectivity index (χ0n) is 18.2. The van der Waals surface area contributed by atoms with Crippen molar-refractivity contribution in [3.8, 4) is 5.69 Å². The van der Waals surface area contributed by atoms with E-state index in [9.17, 15) is 14.3 Å². The van der Waals surface area contributed by atoms with Crippen LogP contribution in [0.4, 0.5) is 4.39 Å². The van der Waals surface area contributed by atoms with Gasteiger partial charge in [0.05, 0.1) is 41.1 Å². The molecule has 6 nitrogen and oxygen atoms in total. The number of esters is 1. The summed E-state index contributed by atoms with van der Waals surface area (Å²) >= 11 is 0. The Balaban J connectivity index is 1.67. The van der Waals surface area contributed by atoms with E-state index in [0.29, 0.717) is 19.3 Å². The molecule has 2 heterocycles. The van der Waals surface area contributed by atoms with Crippen LogP contribution in [0.2, 0.25) is 0 Å². The Bertz CT molecular complexity index is 1390. The molecule has 0 atom stereocenters. The molecule has 3 aliphatic carbocycles. The molecule has 2 N–H and O–H groups in total. The highest BCUT2D eigenvalue weighted by molar-refractivity contribution is 6.00. The van der Waals surface area contributed by atoms with E-state index < -0.39 is 11.0 Å². The minimum Gasteiger partial charge on any atom is -0.469 e. The smallest absolute Gasteiger partial charge is 0.311 e. The van der Waals surface area contributed by atoms with E-state index in [1.54, 1.807) is 32.2 Å². The molecule has 0 saturated heterocycles. The maximum atomic E-state index is 13.7. The summed E-state index contributed by atoms with van der Waals surface area (Å²) in [6.45, 7) is 3.55. The van der Waals surface area contributed by atoms with E-state index in [-0.39, 0.29) is 17.2 Å². The van der Waals surface area contributed by atoms with E-state index >= 15 is 0 Å². The number of rotatable bonds is 4. The van der Waals surface area contributed by atoms with E-state index in [2.05, 4.69) is 22.3 Å². The number of aromatic nitrogens is 3. The highest BCUT2D eigenvalue weighted by atomic mass is 19.1. The van der Waals surface area contributed by atoms with Crippen LogP contribution in [0.1, 0.15) is 44.4 Å². The third kappa shape index (κ3) is 2.37. The standard InChI is InChI=1S/C25H24FN3O3/c1-23(2,31)21-20(24-11-25(12-24,13-24)22(30)32-3)17-9-18-14(10-27-28-18)8-19(17)29(21)16-6-4-15(26)5-7-16/h4-10,31H,11-13H2,1-3H3,(H,27,28). The van der Waals surface area contributed by atoms with E-state index in [4.69, 9.17) is 4.74 Å². The van der Waals surface area contributed by atoms with Crippen LogP contribution < -0.4 is 0 Å². The van der Waals surface area contributed by atoms with Gasteiger partial charge in [0.25, 0.3) is 0 Å². The first-order valence-corrected chi connectivity index (χ1v) is 10.8. The normalized spacial score (nSPS) is 24.4. The van der Waals surface area contributed by atoms with Gasteiger partial charge in [-0.3, -0.25) is 9.89 Å². The van der Waals surface area contributed by atoms with E-state index in [0.717, 1.165) is 38.8 Å². The van der Waals surface area contributed by atoms with Crippen molar-refractivity contribution < 1.29 is 19.0 Å². The van der Waals surface area contributed by atoms with Gasteiger partial charge in [-0.05, 0) is 75.1 Å². The van der Waals surface area contributed by atoms with E-state index in [1.165, 1.54) is 19.2 Å². The molecule has 0 aliphatic heterocycles. The number of hydrogen-bond acceptors (Lipinski definition) is 4. The predicted octanol–water partition coefficient (Wildman–Crippen LogP) is 4.47. The number of benzene rings is 2. The molecule has 0 amide bonds. The zero-order chi connectivity index (χ0) is 22.5. The second-order valence-corrected chi connectivity index (χ2v) is 10.0. The van der Waals surface area contributed by atoms with Gasteiger partial charge >= 0.3 is 5.97 Å². The molecule has 2 bridgehead atoms. The van der Waals surface area contributed by atoms with Crippen molar-refractivity contribution in [2.24, 2.45) is 5.41 Å². The Morgan fingerprint density at radius 3 is 2.53 bits per heavy atom. The lowest BCUT2D eigenvalue weighted by Gasteiger charge is -2.69.